The molecule has 3 heterocycles. The first-order chi connectivity index (χ1) is 13.8. The average Bonchev–Trinajstić information content (AvgIpc) is 2.71. The molecule has 29 heavy (non-hydrogen) atoms. The molecule has 0 saturated carbocycles. The first-order valence-electron chi connectivity index (χ1n) is 11.0. The third kappa shape index (κ3) is 5.63. The predicted molar refractivity (Wildman–Crippen MR) is 114 cm³/mol. The molecule has 0 amide bonds. The van der Waals surface area contributed by atoms with Crippen molar-refractivity contribution in [3.8, 4) is 0 Å². The van der Waals surface area contributed by atoms with Crippen LogP contribution in [-0.2, 0) is 9.47 Å². The summed E-state index contributed by atoms with van der Waals surface area (Å²) in [6.45, 7) is 15.4. The average molecular weight is 404 g/mol. The third-order valence-corrected chi connectivity index (χ3v) is 6.03. The van der Waals surface area contributed by atoms with Gasteiger partial charge in [0.25, 0.3) is 0 Å². The Labute approximate surface area is 175 Å². The molecule has 6 nitrogen and oxygen atoms in total. The van der Waals surface area contributed by atoms with Gasteiger partial charge in [0.1, 0.15) is 5.69 Å². The van der Waals surface area contributed by atoms with E-state index in [0.717, 1.165) is 52.4 Å². The fraction of sp³-hybridized carbons (Fsp3) is 0.739. The van der Waals surface area contributed by atoms with Crippen molar-refractivity contribution in [3.05, 3.63) is 30.1 Å². The van der Waals surface area contributed by atoms with Crippen LogP contribution in [0.5, 0.6) is 0 Å². The highest BCUT2D eigenvalue weighted by Gasteiger charge is 2.51. The maximum atomic E-state index is 13.7. The van der Waals surface area contributed by atoms with Crippen LogP contribution in [0.4, 0.5) is 0 Å². The van der Waals surface area contributed by atoms with Crippen molar-refractivity contribution in [1.29, 1.82) is 0 Å². The minimum atomic E-state index is -0.531. The quantitative estimate of drug-likeness (QED) is 0.491. The summed E-state index contributed by atoms with van der Waals surface area (Å²) >= 11 is 0. The van der Waals surface area contributed by atoms with Gasteiger partial charge in [0.15, 0.2) is 0 Å². The number of rotatable bonds is 8. The zero-order valence-corrected chi connectivity index (χ0v) is 18.5. The van der Waals surface area contributed by atoms with Gasteiger partial charge in [-0.05, 0) is 38.3 Å². The van der Waals surface area contributed by atoms with E-state index >= 15 is 0 Å². The van der Waals surface area contributed by atoms with Gasteiger partial charge in [-0.15, -0.1) is 0 Å². The number of carbonyl (C=O) groups excluding carboxylic acids is 1. The molecule has 2 saturated heterocycles. The summed E-state index contributed by atoms with van der Waals surface area (Å²) in [4.78, 5) is 22.9. The fourth-order valence-corrected chi connectivity index (χ4v) is 4.59. The molecule has 2 aliphatic rings. The van der Waals surface area contributed by atoms with Crippen molar-refractivity contribution in [2.45, 2.75) is 51.7 Å². The molecule has 0 aromatic carbocycles. The number of Topliss-reactive ketones (excluding diaryl/α,β-unsaturated/α-hetero) is 1. The molecule has 0 aliphatic carbocycles. The van der Waals surface area contributed by atoms with Gasteiger partial charge in [0.2, 0.25) is 5.78 Å². The molecular formula is C23H37N3O3. The Morgan fingerprint density at radius 2 is 2.00 bits per heavy atom. The zero-order chi connectivity index (χ0) is 20.9. The summed E-state index contributed by atoms with van der Waals surface area (Å²) in [6.07, 6.45) is 3.14. The van der Waals surface area contributed by atoms with Crippen molar-refractivity contribution in [3.63, 3.8) is 0 Å². The van der Waals surface area contributed by atoms with Crippen molar-refractivity contribution in [2.24, 2.45) is 5.92 Å². The summed E-state index contributed by atoms with van der Waals surface area (Å²) in [5.74, 6) is 0.712. The molecule has 1 aromatic heterocycles. The van der Waals surface area contributed by atoms with E-state index in [-0.39, 0.29) is 11.4 Å². The molecule has 6 heteroatoms. The number of nitrogens with zero attached hydrogens (tertiary/aromatic N) is 3. The second-order valence-electron chi connectivity index (χ2n) is 9.41. The highest BCUT2D eigenvalue weighted by Crippen LogP contribution is 2.39. The molecule has 2 aliphatic heterocycles. The van der Waals surface area contributed by atoms with Crippen molar-refractivity contribution in [2.75, 3.05) is 52.5 Å². The highest BCUT2D eigenvalue weighted by atomic mass is 16.5. The molecule has 1 aromatic rings. The molecule has 162 valence electrons. The van der Waals surface area contributed by atoms with Crippen LogP contribution in [0.3, 0.4) is 0 Å². The van der Waals surface area contributed by atoms with Crippen LogP contribution in [0, 0.1) is 5.92 Å². The minimum Gasteiger partial charge on any atom is -0.380 e. The van der Waals surface area contributed by atoms with E-state index in [4.69, 9.17) is 9.47 Å². The lowest BCUT2D eigenvalue weighted by atomic mass is 9.75. The van der Waals surface area contributed by atoms with Crippen LogP contribution in [0.15, 0.2) is 24.4 Å². The number of pyridine rings is 1. The lowest BCUT2D eigenvalue weighted by Crippen LogP contribution is -2.65. The van der Waals surface area contributed by atoms with Crippen LogP contribution in [0.25, 0.3) is 0 Å². The van der Waals surface area contributed by atoms with E-state index in [1.807, 2.05) is 18.2 Å². The van der Waals surface area contributed by atoms with Gasteiger partial charge in [-0.3, -0.25) is 19.6 Å². The van der Waals surface area contributed by atoms with Crippen molar-refractivity contribution in [1.82, 2.24) is 14.8 Å². The lowest BCUT2D eigenvalue weighted by molar-refractivity contribution is -0.113. The molecule has 0 spiro atoms. The molecule has 0 bridgehead atoms. The van der Waals surface area contributed by atoms with E-state index in [0.29, 0.717) is 24.6 Å². The normalized spacial score (nSPS) is 26.0. The van der Waals surface area contributed by atoms with Gasteiger partial charge in [-0.25, -0.2) is 0 Å². The molecular weight excluding hydrogens is 366 g/mol. The maximum Gasteiger partial charge on any atom is 0.201 e. The maximum absolute atomic E-state index is 13.7. The number of ketones is 1. The molecule has 0 radical (unpaired) electrons. The van der Waals surface area contributed by atoms with E-state index in [2.05, 4.69) is 42.5 Å². The fourth-order valence-electron chi connectivity index (χ4n) is 4.59. The Bertz CT molecular complexity index is 657. The van der Waals surface area contributed by atoms with Crippen LogP contribution in [0.2, 0.25) is 0 Å². The summed E-state index contributed by atoms with van der Waals surface area (Å²) in [5, 5.41) is 0. The summed E-state index contributed by atoms with van der Waals surface area (Å²) in [6, 6.07) is 5.60. The van der Waals surface area contributed by atoms with Crippen molar-refractivity contribution < 1.29 is 14.3 Å². The number of hydrogen-bond donors (Lipinski definition) is 0. The Kier molecular flexibility index (Phi) is 7.43. The molecule has 1 unspecified atom stereocenters. The largest absolute Gasteiger partial charge is 0.380 e. The number of aromatic nitrogens is 1. The van der Waals surface area contributed by atoms with Crippen LogP contribution >= 0.6 is 0 Å². The topological polar surface area (TPSA) is 54.9 Å². The number of hydrogen-bond acceptors (Lipinski definition) is 6. The number of piperazine rings is 1. The molecule has 1 atom stereocenters. The monoisotopic (exact) mass is 403 g/mol. The highest BCUT2D eigenvalue weighted by molar-refractivity contribution is 6.02. The summed E-state index contributed by atoms with van der Waals surface area (Å²) in [5.41, 5.74) is -0.282. The molecule has 3 rings (SSSR count). The predicted octanol–water partition coefficient (Wildman–Crippen LogP) is 2.88. The van der Waals surface area contributed by atoms with E-state index < -0.39 is 5.54 Å². The summed E-state index contributed by atoms with van der Waals surface area (Å²) in [7, 11) is 0. The standard InChI is InChI=1S/C23H37N3O3/c1-19(2)17-28-16-14-25-10-12-26(13-11-25)23(8-15-29-22(3,4)18-23)21(27)20-7-5-6-9-24-20/h5-7,9,19H,8,10-18H2,1-4H3. The second kappa shape index (κ2) is 9.65. The molecule has 0 N–H and O–H groups in total. The van der Waals surface area contributed by atoms with E-state index in [1.165, 1.54) is 0 Å². The second-order valence-corrected chi connectivity index (χ2v) is 9.41. The zero-order valence-electron chi connectivity index (χ0n) is 18.5. The Balaban J connectivity index is 1.68. The Morgan fingerprint density at radius 3 is 2.62 bits per heavy atom. The smallest absolute Gasteiger partial charge is 0.201 e. The lowest BCUT2D eigenvalue weighted by Gasteiger charge is -2.52. The van der Waals surface area contributed by atoms with Crippen LogP contribution in [0.1, 0.15) is 51.0 Å². The van der Waals surface area contributed by atoms with E-state index in [1.54, 1.807) is 6.20 Å². The van der Waals surface area contributed by atoms with Gasteiger partial charge < -0.3 is 9.47 Å². The summed E-state index contributed by atoms with van der Waals surface area (Å²) < 4.78 is 11.7. The Hall–Kier alpha value is -1.34. The van der Waals surface area contributed by atoms with E-state index in [9.17, 15) is 4.79 Å². The van der Waals surface area contributed by atoms with Gasteiger partial charge in [-0.2, -0.15) is 0 Å². The number of ether oxygens (including phenoxy) is 2. The Morgan fingerprint density at radius 1 is 1.24 bits per heavy atom. The van der Waals surface area contributed by atoms with Crippen LogP contribution in [-0.4, -0.2) is 84.3 Å². The van der Waals surface area contributed by atoms with Gasteiger partial charge in [0.05, 0.1) is 17.7 Å². The first kappa shape index (κ1) is 22.3. The van der Waals surface area contributed by atoms with Gasteiger partial charge in [0, 0.05) is 58.6 Å². The first-order valence-corrected chi connectivity index (χ1v) is 11.0. The third-order valence-electron chi connectivity index (χ3n) is 6.03. The minimum absolute atomic E-state index is 0.142. The van der Waals surface area contributed by atoms with Gasteiger partial charge in [-0.1, -0.05) is 19.9 Å². The van der Waals surface area contributed by atoms with Crippen molar-refractivity contribution >= 4 is 5.78 Å². The number of carbonyl (C=O) groups is 1. The van der Waals surface area contributed by atoms with Gasteiger partial charge >= 0.3 is 0 Å². The van der Waals surface area contributed by atoms with Crippen LogP contribution < -0.4 is 0 Å². The SMILES string of the molecule is CC(C)COCCN1CCN(C2(C(=O)c3ccccn3)CCOC(C)(C)C2)CC1. The molecule has 2 fully saturated rings.